The standard InChI is InChI=1S/C21H16Br2/c1-21(2)19-11-14(13-3-6-15(22)7-4-13)5-9-17(19)18-10-8-16(23)12-20(18)21/h3-12H,1-2H3. The maximum absolute atomic E-state index is 3.61. The lowest BCUT2D eigenvalue weighted by Gasteiger charge is -2.22. The monoisotopic (exact) mass is 426 g/mol. The number of rotatable bonds is 1. The van der Waals surface area contributed by atoms with E-state index in [9.17, 15) is 0 Å². The van der Waals surface area contributed by atoms with Gasteiger partial charge in [-0.2, -0.15) is 0 Å². The van der Waals surface area contributed by atoms with Gasteiger partial charge in [0.1, 0.15) is 0 Å². The second-order valence-corrected chi connectivity index (χ2v) is 8.41. The van der Waals surface area contributed by atoms with Gasteiger partial charge in [0.2, 0.25) is 0 Å². The first-order valence-corrected chi connectivity index (χ1v) is 9.26. The van der Waals surface area contributed by atoms with Crippen LogP contribution in [0.2, 0.25) is 0 Å². The van der Waals surface area contributed by atoms with Crippen molar-refractivity contribution in [3.8, 4) is 22.3 Å². The van der Waals surface area contributed by atoms with Gasteiger partial charge in [0.05, 0.1) is 0 Å². The zero-order valence-electron chi connectivity index (χ0n) is 13.0. The Balaban J connectivity index is 1.90. The van der Waals surface area contributed by atoms with Crippen LogP contribution in [0.1, 0.15) is 25.0 Å². The highest BCUT2D eigenvalue weighted by Gasteiger charge is 2.35. The molecule has 0 fully saturated rings. The van der Waals surface area contributed by atoms with Crippen molar-refractivity contribution in [2.24, 2.45) is 0 Å². The van der Waals surface area contributed by atoms with Crippen LogP contribution in [0, 0.1) is 0 Å². The molecule has 1 aliphatic rings. The van der Waals surface area contributed by atoms with Crippen molar-refractivity contribution in [2.75, 3.05) is 0 Å². The number of benzene rings is 3. The van der Waals surface area contributed by atoms with Gasteiger partial charge < -0.3 is 0 Å². The summed E-state index contributed by atoms with van der Waals surface area (Å²) in [5.41, 5.74) is 8.08. The van der Waals surface area contributed by atoms with Crippen LogP contribution in [-0.4, -0.2) is 0 Å². The minimum absolute atomic E-state index is 0.0276. The summed E-state index contributed by atoms with van der Waals surface area (Å²) in [5, 5.41) is 0. The first kappa shape index (κ1) is 15.2. The van der Waals surface area contributed by atoms with Gasteiger partial charge in [-0.05, 0) is 63.7 Å². The van der Waals surface area contributed by atoms with Crippen molar-refractivity contribution in [3.63, 3.8) is 0 Å². The Kier molecular flexibility index (Phi) is 3.51. The molecule has 2 heteroatoms. The molecule has 0 bridgehead atoms. The van der Waals surface area contributed by atoms with Crippen LogP contribution in [0.5, 0.6) is 0 Å². The summed E-state index contributed by atoms with van der Waals surface area (Å²) < 4.78 is 2.25. The molecular weight excluding hydrogens is 412 g/mol. The van der Waals surface area contributed by atoms with E-state index >= 15 is 0 Å². The van der Waals surface area contributed by atoms with E-state index in [-0.39, 0.29) is 5.41 Å². The van der Waals surface area contributed by atoms with Crippen molar-refractivity contribution in [2.45, 2.75) is 19.3 Å². The molecule has 23 heavy (non-hydrogen) atoms. The molecule has 0 atom stereocenters. The predicted molar refractivity (Wildman–Crippen MR) is 105 cm³/mol. The molecule has 0 saturated heterocycles. The van der Waals surface area contributed by atoms with Crippen LogP contribution in [0.4, 0.5) is 0 Å². The smallest absolute Gasteiger partial charge is 0.0178 e. The Hall–Kier alpha value is -1.38. The van der Waals surface area contributed by atoms with Crippen LogP contribution in [0.25, 0.3) is 22.3 Å². The fraction of sp³-hybridized carbons (Fsp3) is 0.143. The molecule has 0 unspecified atom stereocenters. The molecule has 4 rings (SSSR count). The Bertz CT molecular complexity index is 906. The Morgan fingerprint density at radius 1 is 0.609 bits per heavy atom. The Morgan fingerprint density at radius 2 is 1.13 bits per heavy atom. The van der Waals surface area contributed by atoms with E-state index in [2.05, 4.69) is 106 Å². The molecule has 0 spiro atoms. The highest BCUT2D eigenvalue weighted by atomic mass is 79.9. The maximum Gasteiger partial charge on any atom is 0.0178 e. The Labute approximate surface area is 153 Å². The van der Waals surface area contributed by atoms with Gasteiger partial charge in [-0.25, -0.2) is 0 Å². The van der Waals surface area contributed by atoms with Crippen LogP contribution < -0.4 is 0 Å². The zero-order chi connectivity index (χ0) is 16.2. The van der Waals surface area contributed by atoms with Gasteiger partial charge in [0.15, 0.2) is 0 Å². The summed E-state index contributed by atoms with van der Waals surface area (Å²) in [5.74, 6) is 0. The molecule has 114 valence electrons. The van der Waals surface area contributed by atoms with Gasteiger partial charge in [-0.1, -0.05) is 76.0 Å². The number of halogens is 2. The van der Waals surface area contributed by atoms with E-state index in [0.29, 0.717) is 0 Å². The van der Waals surface area contributed by atoms with Crippen molar-refractivity contribution in [1.29, 1.82) is 0 Å². The summed E-state index contributed by atoms with van der Waals surface area (Å²) in [7, 11) is 0. The normalized spacial score (nSPS) is 14.4. The summed E-state index contributed by atoms with van der Waals surface area (Å²) in [6.07, 6.45) is 0. The third kappa shape index (κ3) is 2.40. The lowest BCUT2D eigenvalue weighted by atomic mass is 9.81. The first-order valence-electron chi connectivity index (χ1n) is 7.68. The van der Waals surface area contributed by atoms with Gasteiger partial charge in [0, 0.05) is 14.4 Å². The van der Waals surface area contributed by atoms with E-state index in [1.165, 1.54) is 33.4 Å². The van der Waals surface area contributed by atoms with E-state index in [4.69, 9.17) is 0 Å². The second kappa shape index (κ2) is 5.32. The lowest BCUT2D eigenvalue weighted by molar-refractivity contribution is 0.660. The highest BCUT2D eigenvalue weighted by Crippen LogP contribution is 2.50. The van der Waals surface area contributed by atoms with Crippen LogP contribution >= 0.6 is 31.9 Å². The molecule has 0 amide bonds. The summed E-state index contributed by atoms with van der Waals surface area (Å²) in [4.78, 5) is 0. The van der Waals surface area contributed by atoms with E-state index in [0.717, 1.165) is 8.95 Å². The number of fused-ring (bicyclic) bond motifs is 3. The molecule has 1 aliphatic carbocycles. The summed E-state index contributed by atoms with van der Waals surface area (Å²) in [6.45, 7) is 4.63. The maximum atomic E-state index is 3.61. The van der Waals surface area contributed by atoms with Crippen molar-refractivity contribution < 1.29 is 0 Å². The molecule has 0 heterocycles. The zero-order valence-corrected chi connectivity index (χ0v) is 16.2. The van der Waals surface area contributed by atoms with Gasteiger partial charge in [-0.15, -0.1) is 0 Å². The number of hydrogen-bond acceptors (Lipinski definition) is 0. The van der Waals surface area contributed by atoms with Gasteiger partial charge in [-0.3, -0.25) is 0 Å². The van der Waals surface area contributed by atoms with Crippen molar-refractivity contribution in [3.05, 3.63) is 80.7 Å². The third-order valence-electron chi connectivity index (χ3n) is 4.82. The average molecular weight is 428 g/mol. The molecule has 0 aliphatic heterocycles. The largest absolute Gasteiger partial charge is 0.0537 e. The minimum atomic E-state index is 0.0276. The van der Waals surface area contributed by atoms with Crippen LogP contribution in [0.3, 0.4) is 0 Å². The van der Waals surface area contributed by atoms with Crippen molar-refractivity contribution in [1.82, 2.24) is 0 Å². The van der Waals surface area contributed by atoms with Gasteiger partial charge in [0.25, 0.3) is 0 Å². The third-order valence-corrected chi connectivity index (χ3v) is 5.84. The highest BCUT2D eigenvalue weighted by molar-refractivity contribution is 9.10. The van der Waals surface area contributed by atoms with E-state index in [1.54, 1.807) is 0 Å². The molecule has 3 aromatic rings. The fourth-order valence-corrected chi connectivity index (χ4v) is 4.16. The topological polar surface area (TPSA) is 0 Å². The summed E-state index contributed by atoms with van der Waals surface area (Å²) >= 11 is 7.12. The predicted octanol–water partition coefficient (Wildman–Crippen LogP) is 7.18. The minimum Gasteiger partial charge on any atom is -0.0537 e. The quantitative estimate of drug-likeness (QED) is 0.385. The van der Waals surface area contributed by atoms with E-state index in [1.807, 2.05) is 0 Å². The molecule has 0 nitrogen and oxygen atoms in total. The average Bonchev–Trinajstić information content (AvgIpc) is 2.76. The fourth-order valence-electron chi connectivity index (χ4n) is 3.53. The molecular formula is C21H16Br2. The molecule has 3 aromatic carbocycles. The lowest BCUT2D eigenvalue weighted by Crippen LogP contribution is -2.15. The molecule has 0 N–H and O–H groups in total. The molecule has 0 radical (unpaired) electrons. The first-order chi connectivity index (χ1) is 11.0. The van der Waals surface area contributed by atoms with Gasteiger partial charge >= 0.3 is 0 Å². The Morgan fingerprint density at radius 3 is 1.83 bits per heavy atom. The second-order valence-electron chi connectivity index (χ2n) is 6.58. The molecule has 0 saturated carbocycles. The molecule has 0 aromatic heterocycles. The van der Waals surface area contributed by atoms with Crippen LogP contribution in [0.15, 0.2) is 69.6 Å². The van der Waals surface area contributed by atoms with E-state index < -0.39 is 0 Å². The SMILES string of the molecule is CC1(C)c2cc(Br)ccc2-c2ccc(-c3ccc(Br)cc3)cc21. The summed E-state index contributed by atoms with van der Waals surface area (Å²) in [6, 6.07) is 22.0. The number of hydrogen-bond donors (Lipinski definition) is 0. The van der Waals surface area contributed by atoms with Crippen LogP contribution in [-0.2, 0) is 5.41 Å². The van der Waals surface area contributed by atoms with Crippen molar-refractivity contribution >= 4 is 31.9 Å².